The highest BCUT2D eigenvalue weighted by Gasteiger charge is 2.24. The molecule has 0 fully saturated rings. The van der Waals surface area contributed by atoms with Crippen LogP contribution < -0.4 is 14.4 Å². The second-order valence-corrected chi connectivity index (χ2v) is 7.57. The number of halogens is 1. The van der Waals surface area contributed by atoms with Gasteiger partial charge in [0.15, 0.2) is 5.13 Å². The Hall–Kier alpha value is -3.03. The first-order valence-corrected chi connectivity index (χ1v) is 9.91. The summed E-state index contributed by atoms with van der Waals surface area (Å²) in [5.74, 6) is 1.43. The van der Waals surface area contributed by atoms with E-state index in [4.69, 9.17) is 25.5 Å². The summed E-state index contributed by atoms with van der Waals surface area (Å²) in [6, 6.07) is 14.2. The van der Waals surface area contributed by atoms with Gasteiger partial charge in [-0.15, -0.1) is 0 Å². The maximum Gasteiger partial charge on any atom is 0.260 e. The molecule has 0 unspecified atom stereocenters. The molecule has 148 valence electrons. The van der Waals surface area contributed by atoms with Crippen LogP contribution in [0.5, 0.6) is 11.5 Å². The summed E-state index contributed by atoms with van der Waals surface area (Å²) in [4.78, 5) is 19.7. The van der Waals surface area contributed by atoms with Crippen molar-refractivity contribution in [1.29, 1.82) is 0 Å². The van der Waals surface area contributed by atoms with Crippen molar-refractivity contribution >= 4 is 44.2 Å². The van der Waals surface area contributed by atoms with Gasteiger partial charge in [0.25, 0.3) is 5.91 Å². The van der Waals surface area contributed by atoms with Gasteiger partial charge in [-0.2, -0.15) is 0 Å². The van der Waals surface area contributed by atoms with Crippen molar-refractivity contribution in [3.8, 4) is 11.5 Å². The molecule has 2 aromatic heterocycles. The van der Waals surface area contributed by atoms with Crippen LogP contribution in [0.25, 0.3) is 10.2 Å². The smallest absolute Gasteiger partial charge is 0.260 e. The van der Waals surface area contributed by atoms with E-state index in [0.29, 0.717) is 38.5 Å². The standard InChI is InChI=1S/C21H17ClN2O4S/c1-26-15-9-13(10-16(11-15)27-2)20(25)24(12-14-5-4-8-28-14)21-23-19-17(22)6-3-7-18(19)29-21/h3-11H,12H2,1-2H3. The number of furan rings is 1. The summed E-state index contributed by atoms with van der Waals surface area (Å²) in [5, 5.41) is 1.06. The molecule has 0 aliphatic heterocycles. The van der Waals surface area contributed by atoms with E-state index in [1.54, 1.807) is 55.7 Å². The first-order chi connectivity index (χ1) is 14.1. The average molecular weight is 429 g/mol. The van der Waals surface area contributed by atoms with Gasteiger partial charge in [-0.05, 0) is 36.4 Å². The number of para-hydroxylation sites is 1. The first-order valence-electron chi connectivity index (χ1n) is 8.71. The van der Waals surface area contributed by atoms with E-state index in [1.165, 1.54) is 11.3 Å². The Kier molecular flexibility index (Phi) is 5.42. The van der Waals surface area contributed by atoms with Crippen LogP contribution in [0, 0.1) is 0 Å². The quantitative estimate of drug-likeness (QED) is 0.411. The zero-order valence-corrected chi connectivity index (χ0v) is 17.3. The van der Waals surface area contributed by atoms with Crippen LogP contribution in [0.1, 0.15) is 16.1 Å². The molecule has 2 aromatic carbocycles. The topological polar surface area (TPSA) is 64.8 Å². The van der Waals surface area contributed by atoms with Crippen molar-refractivity contribution in [1.82, 2.24) is 4.98 Å². The van der Waals surface area contributed by atoms with E-state index in [2.05, 4.69) is 4.98 Å². The van der Waals surface area contributed by atoms with Crippen molar-refractivity contribution in [2.24, 2.45) is 0 Å². The molecular formula is C21H17ClN2O4S. The largest absolute Gasteiger partial charge is 0.497 e. The van der Waals surface area contributed by atoms with Crippen LogP contribution >= 0.6 is 22.9 Å². The fourth-order valence-corrected chi connectivity index (χ4v) is 4.15. The van der Waals surface area contributed by atoms with Crippen molar-refractivity contribution in [3.05, 3.63) is 71.1 Å². The number of aromatic nitrogens is 1. The predicted octanol–water partition coefficient (Wildman–Crippen LogP) is 5.41. The number of hydrogen-bond donors (Lipinski definition) is 0. The van der Waals surface area contributed by atoms with E-state index in [9.17, 15) is 4.79 Å². The molecule has 0 radical (unpaired) electrons. The molecule has 0 aliphatic rings. The lowest BCUT2D eigenvalue weighted by Crippen LogP contribution is -2.30. The predicted molar refractivity (Wildman–Crippen MR) is 113 cm³/mol. The number of hydrogen-bond acceptors (Lipinski definition) is 6. The Labute approximate surface area is 176 Å². The minimum Gasteiger partial charge on any atom is -0.497 e. The third kappa shape index (κ3) is 3.92. The number of carbonyl (C=O) groups excluding carboxylic acids is 1. The van der Waals surface area contributed by atoms with Crippen molar-refractivity contribution in [2.75, 3.05) is 19.1 Å². The normalized spacial score (nSPS) is 10.9. The third-order valence-electron chi connectivity index (χ3n) is 4.33. The van der Waals surface area contributed by atoms with Gasteiger partial charge in [-0.25, -0.2) is 4.98 Å². The lowest BCUT2D eigenvalue weighted by molar-refractivity contribution is 0.0982. The summed E-state index contributed by atoms with van der Waals surface area (Å²) in [6.07, 6.45) is 1.57. The van der Waals surface area contributed by atoms with Crippen molar-refractivity contribution < 1.29 is 18.7 Å². The lowest BCUT2D eigenvalue weighted by Gasteiger charge is -2.19. The van der Waals surface area contributed by atoms with Crippen LogP contribution in [-0.2, 0) is 6.54 Å². The highest BCUT2D eigenvalue weighted by atomic mass is 35.5. The number of carbonyl (C=O) groups is 1. The van der Waals surface area contributed by atoms with Gasteiger partial charge >= 0.3 is 0 Å². The molecule has 0 saturated carbocycles. The van der Waals surface area contributed by atoms with E-state index < -0.39 is 0 Å². The van der Waals surface area contributed by atoms with Gasteiger partial charge in [-0.1, -0.05) is 29.0 Å². The lowest BCUT2D eigenvalue weighted by atomic mass is 10.1. The van der Waals surface area contributed by atoms with E-state index in [0.717, 1.165) is 4.70 Å². The zero-order chi connectivity index (χ0) is 20.4. The maximum absolute atomic E-state index is 13.5. The molecule has 4 aromatic rings. The molecule has 0 aliphatic carbocycles. The summed E-state index contributed by atoms with van der Waals surface area (Å²) >= 11 is 7.67. The summed E-state index contributed by atoms with van der Waals surface area (Å²) in [5.41, 5.74) is 1.08. The molecule has 0 atom stereocenters. The van der Waals surface area contributed by atoms with Gasteiger partial charge in [0.2, 0.25) is 0 Å². The number of thiazole rings is 1. The number of anilines is 1. The molecular weight excluding hydrogens is 412 g/mol. The Bertz CT molecular complexity index is 1130. The van der Waals surface area contributed by atoms with Crippen LogP contribution in [0.15, 0.2) is 59.2 Å². The van der Waals surface area contributed by atoms with Gasteiger partial charge in [0, 0.05) is 11.6 Å². The molecule has 6 nitrogen and oxygen atoms in total. The van der Waals surface area contributed by atoms with Crippen molar-refractivity contribution in [3.63, 3.8) is 0 Å². The number of amides is 1. The number of methoxy groups -OCH3 is 2. The van der Waals surface area contributed by atoms with Crippen molar-refractivity contribution in [2.45, 2.75) is 6.54 Å². The minimum absolute atomic E-state index is 0.225. The number of nitrogens with zero attached hydrogens (tertiary/aromatic N) is 2. The molecule has 0 saturated heterocycles. The van der Waals surface area contributed by atoms with Gasteiger partial charge in [-0.3, -0.25) is 9.69 Å². The fourth-order valence-electron chi connectivity index (χ4n) is 2.89. The molecule has 0 spiro atoms. The van der Waals surface area contributed by atoms with Crippen LogP contribution in [0.4, 0.5) is 5.13 Å². The Morgan fingerprint density at radius 2 is 1.90 bits per heavy atom. The average Bonchev–Trinajstić information content (AvgIpc) is 3.41. The molecule has 0 N–H and O–H groups in total. The van der Waals surface area contributed by atoms with E-state index in [1.807, 2.05) is 18.2 Å². The highest BCUT2D eigenvalue weighted by molar-refractivity contribution is 7.22. The molecule has 29 heavy (non-hydrogen) atoms. The maximum atomic E-state index is 13.5. The van der Waals surface area contributed by atoms with Gasteiger partial charge < -0.3 is 13.9 Å². The second kappa shape index (κ2) is 8.14. The summed E-state index contributed by atoms with van der Waals surface area (Å²) in [6.45, 7) is 0.225. The summed E-state index contributed by atoms with van der Waals surface area (Å²) in [7, 11) is 3.08. The molecule has 1 amide bonds. The number of benzene rings is 2. The van der Waals surface area contributed by atoms with E-state index >= 15 is 0 Å². The van der Waals surface area contributed by atoms with Gasteiger partial charge in [0.1, 0.15) is 22.8 Å². The third-order valence-corrected chi connectivity index (χ3v) is 5.68. The second-order valence-electron chi connectivity index (χ2n) is 6.16. The van der Waals surface area contributed by atoms with E-state index in [-0.39, 0.29) is 12.5 Å². The SMILES string of the molecule is COc1cc(OC)cc(C(=O)N(Cc2ccco2)c2nc3c(Cl)cccc3s2)c1. The molecule has 4 rings (SSSR count). The van der Waals surface area contributed by atoms with Crippen LogP contribution in [0.3, 0.4) is 0 Å². The fraction of sp³-hybridized carbons (Fsp3) is 0.143. The summed E-state index contributed by atoms with van der Waals surface area (Å²) < 4.78 is 17.0. The van der Waals surface area contributed by atoms with Gasteiger partial charge in [0.05, 0.1) is 36.8 Å². The number of rotatable bonds is 6. The Balaban J connectivity index is 1.79. The minimum atomic E-state index is -0.256. The molecule has 8 heteroatoms. The van der Waals surface area contributed by atoms with Crippen LogP contribution in [0.2, 0.25) is 5.02 Å². The number of fused-ring (bicyclic) bond motifs is 1. The first kappa shape index (κ1) is 19.3. The molecule has 2 heterocycles. The zero-order valence-electron chi connectivity index (χ0n) is 15.7. The highest BCUT2D eigenvalue weighted by Crippen LogP contribution is 2.35. The monoisotopic (exact) mass is 428 g/mol. The Morgan fingerprint density at radius 1 is 1.14 bits per heavy atom. The Morgan fingerprint density at radius 3 is 2.52 bits per heavy atom. The molecule has 0 bridgehead atoms. The number of ether oxygens (including phenoxy) is 2. The van der Waals surface area contributed by atoms with Crippen LogP contribution in [-0.4, -0.2) is 25.1 Å².